The van der Waals surface area contributed by atoms with Crippen LogP contribution in [0, 0.1) is 0 Å². The predicted octanol–water partition coefficient (Wildman–Crippen LogP) is 3.62. The number of nitrogens with zero attached hydrogens (tertiary/aromatic N) is 2. The van der Waals surface area contributed by atoms with E-state index in [2.05, 4.69) is 25.8 Å². The van der Waals surface area contributed by atoms with Crippen molar-refractivity contribution in [3.05, 3.63) is 47.2 Å². The van der Waals surface area contributed by atoms with E-state index < -0.39 is 0 Å². The molecule has 3 nitrogen and oxygen atoms in total. The molecular formula is C13H13BrN2O. The lowest BCUT2D eigenvalue weighted by Crippen LogP contribution is -2.09. The fraction of sp³-hybridized carbons (Fsp3) is 0.154. The number of halogens is 1. The maximum Gasteiger partial charge on any atom is 0.119 e. The molecule has 0 saturated heterocycles. The van der Waals surface area contributed by atoms with E-state index in [9.17, 15) is 0 Å². The lowest BCUT2D eigenvalue weighted by molar-refractivity contribution is 0.415. The van der Waals surface area contributed by atoms with Crippen LogP contribution in [0.2, 0.25) is 0 Å². The average molecular weight is 293 g/mol. The van der Waals surface area contributed by atoms with E-state index in [0.29, 0.717) is 0 Å². The number of hydrogen-bond acceptors (Lipinski definition) is 3. The van der Waals surface area contributed by atoms with Gasteiger partial charge in [-0.15, -0.1) is 0 Å². The van der Waals surface area contributed by atoms with Gasteiger partial charge in [0, 0.05) is 25.1 Å². The zero-order valence-corrected chi connectivity index (χ0v) is 11.3. The van der Waals surface area contributed by atoms with Gasteiger partial charge in [0.05, 0.1) is 17.3 Å². The van der Waals surface area contributed by atoms with E-state index in [4.69, 9.17) is 4.74 Å². The first-order valence-electron chi connectivity index (χ1n) is 5.19. The molecule has 2 aromatic rings. The van der Waals surface area contributed by atoms with E-state index in [1.807, 2.05) is 37.4 Å². The molecular weight excluding hydrogens is 280 g/mol. The molecule has 88 valence electrons. The molecule has 1 aromatic carbocycles. The van der Waals surface area contributed by atoms with Gasteiger partial charge >= 0.3 is 0 Å². The minimum absolute atomic E-state index is 0.857. The van der Waals surface area contributed by atoms with Crippen molar-refractivity contribution in [2.75, 3.05) is 19.1 Å². The molecule has 1 aromatic heterocycles. The third kappa shape index (κ3) is 2.58. The summed E-state index contributed by atoms with van der Waals surface area (Å²) >= 11 is 3.49. The lowest BCUT2D eigenvalue weighted by Gasteiger charge is -2.20. The largest absolute Gasteiger partial charge is 0.497 e. The molecule has 17 heavy (non-hydrogen) atoms. The number of hydrogen-bond donors (Lipinski definition) is 0. The molecule has 0 N–H and O–H groups in total. The second-order valence-corrected chi connectivity index (χ2v) is 4.44. The minimum Gasteiger partial charge on any atom is -0.497 e. The molecule has 0 radical (unpaired) electrons. The summed E-state index contributed by atoms with van der Waals surface area (Å²) in [7, 11) is 3.68. The maximum absolute atomic E-state index is 5.14. The van der Waals surface area contributed by atoms with E-state index in [1.165, 1.54) is 0 Å². The van der Waals surface area contributed by atoms with Gasteiger partial charge in [0.25, 0.3) is 0 Å². The van der Waals surface area contributed by atoms with Crippen LogP contribution in [-0.4, -0.2) is 19.1 Å². The summed E-state index contributed by atoms with van der Waals surface area (Å²) in [4.78, 5) is 6.14. The molecule has 0 saturated carbocycles. The van der Waals surface area contributed by atoms with Gasteiger partial charge in [0.15, 0.2) is 0 Å². The highest BCUT2D eigenvalue weighted by atomic mass is 79.9. The summed E-state index contributed by atoms with van der Waals surface area (Å²) in [5.74, 6) is 0.857. The Morgan fingerprint density at radius 1 is 1.18 bits per heavy atom. The van der Waals surface area contributed by atoms with Crippen molar-refractivity contribution in [2.24, 2.45) is 0 Å². The average Bonchev–Trinajstić information content (AvgIpc) is 2.39. The smallest absolute Gasteiger partial charge is 0.119 e. The molecule has 0 amide bonds. The summed E-state index contributed by atoms with van der Waals surface area (Å²) in [6.45, 7) is 0. The van der Waals surface area contributed by atoms with Gasteiger partial charge in [0.1, 0.15) is 5.75 Å². The highest BCUT2D eigenvalue weighted by molar-refractivity contribution is 9.10. The van der Waals surface area contributed by atoms with Gasteiger partial charge in [-0.3, -0.25) is 4.98 Å². The third-order valence-electron chi connectivity index (χ3n) is 2.57. The molecule has 0 aliphatic carbocycles. The highest BCUT2D eigenvalue weighted by Crippen LogP contribution is 2.30. The molecule has 4 heteroatoms. The van der Waals surface area contributed by atoms with Crippen molar-refractivity contribution in [3.8, 4) is 5.75 Å². The third-order valence-corrected chi connectivity index (χ3v) is 3.18. The Balaban J connectivity index is 2.30. The first-order valence-corrected chi connectivity index (χ1v) is 5.99. The molecule has 0 spiro atoms. The van der Waals surface area contributed by atoms with Crippen molar-refractivity contribution >= 4 is 27.3 Å². The van der Waals surface area contributed by atoms with Crippen molar-refractivity contribution in [3.63, 3.8) is 0 Å². The first kappa shape index (κ1) is 11.9. The van der Waals surface area contributed by atoms with Crippen molar-refractivity contribution in [1.82, 2.24) is 4.98 Å². The van der Waals surface area contributed by atoms with Crippen LogP contribution < -0.4 is 9.64 Å². The van der Waals surface area contributed by atoms with Gasteiger partial charge < -0.3 is 9.64 Å². The second-order valence-electron chi connectivity index (χ2n) is 3.58. The van der Waals surface area contributed by atoms with Gasteiger partial charge in [-0.1, -0.05) is 0 Å². The Hall–Kier alpha value is -1.55. The van der Waals surface area contributed by atoms with Crippen molar-refractivity contribution in [2.45, 2.75) is 0 Å². The van der Waals surface area contributed by atoms with Crippen LogP contribution in [0.5, 0.6) is 5.75 Å². The van der Waals surface area contributed by atoms with E-state index in [-0.39, 0.29) is 0 Å². The number of benzene rings is 1. The van der Waals surface area contributed by atoms with E-state index >= 15 is 0 Å². The summed E-state index contributed by atoms with van der Waals surface area (Å²) < 4.78 is 6.11. The molecule has 0 fully saturated rings. The lowest BCUT2D eigenvalue weighted by atomic mass is 10.2. The summed E-state index contributed by atoms with van der Waals surface area (Å²) in [6.07, 6.45) is 3.56. The standard InChI is InChI=1S/C13H13BrN2O/c1-16(13-7-8-15-9-12(13)14)10-3-5-11(17-2)6-4-10/h3-9H,1-2H3. The number of rotatable bonds is 3. The van der Waals surface area contributed by atoms with Crippen LogP contribution in [0.4, 0.5) is 11.4 Å². The zero-order chi connectivity index (χ0) is 12.3. The second kappa shape index (κ2) is 5.19. The van der Waals surface area contributed by atoms with Crippen LogP contribution in [0.3, 0.4) is 0 Å². The minimum atomic E-state index is 0.857. The molecule has 2 rings (SSSR count). The van der Waals surface area contributed by atoms with Crippen molar-refractivity contribution < 1.29 is 4.74 Å². The highest BCUT2D eigenvalue weighted by Gasteiger charge is 2.07. The topological polar surface area (TPSA) is 25.4 Å². The number of methoxy groups -OCH3 is 1. The molecule has 0 aliphatic heterocycles. The Labute approximate surface area is 109 Å². The number of aromatic nitrogens is 1. The van der Waals surface area contributed by atoms with Crippen molar-refractivity contribution in [1.29, 1.82) is 0 Å². The Morgan fingerprint density at radius 3 is 2.47 bits per heavy atom. The maximum atomic E-state index is 5.14. The molecule has 1 heterocycles. The first-order chi connectivity index (χ1) is 8.22. The summed E-state index contributed by atoms with van der Waals surface area (Å²) in [5, 5.41) is 0. The van der Waals surface area contributed by atoms with Crippen LogP contribution in [0.1, 0.15) is 0 Å². The van der Waals surface area contributed by atoms with Crippen LogP contribution in [0.25, 0.3) is 0 Å². The zero-order valence-electron chi connectivity index (χ0n) is 9.72. The predicted molar refractivity (Wildman–Crippen MR) is 73.0 cm³/mol. The number of ether oxygens (including phenoxy) is 1. The molecule has 0 atom stereocenters. The van der Waals surface area contributed by atoms with Crippen LogP contribution >= 0.6 is 15.9 Å². The monoisotopic (exact) mass is 292 g/mol. The van der Waals surface area contributed by atoms with Gasteiger partial charge in [-0.2, -0.15) is 0 Å². The van der Waals surface area contributed by atoms with Gasteiger partial charge in [-0.05, 0) is 46.3 Å². The van der Waals surface area contributed by atoms with E-state index in [0.717, 1.165) is 21.6 Å². The summed E-state index contributed by atoms with van der Waals surface area (Å²) in [5.41, 5.74) is 2.17. The summed E-state index contributed by atoms with van der Waals surface area (Å²) in [6, 6.07) is 9.90. The molecule has 0 aliphatic rings. The van der Waals surface area contributed by atoms with E-state index in [1.54, 1.807) is 19.5 Å². The number of anilines is 2. The van der Waals surface area contributed by atoms with Gasteiger partial charge in [-0.25, -0.2) is 0 Å². The fourth-order valence-corrected chi connectivity index (χ4v) is 2.10. The van der Waals surface area contributed by atoms with Crippen LogP contribution in [0.15, 0.2) is 47.2 Å². The fourth-order valence-electron chi connectivity index (χ4n) is 1.58. The Morgan fingerprint density at radius 2 is 1.88 bits per heavy atom. The quantitative estimate of drug-likeness (QED) is 0.864. The molecule has 0 bridgehead atoms. The van der Waals surface area contributed by atoms with Crippen LogP contribution in [-0.2, 0) is 0 Å². The molecule has 0 unspecified atom stereocenters. The SMILES string of the molecule is COc1ccc(N(C)c2ccncc2Br)cc1. The Bertz CT molecular complexity index is 499. The number of pyridine rings is 1. The van der Waals surface area contributed by atoms with Gasteiger partial charge in [0.2, 0.25) is 0 Å². The Kier molecular flexibility index (Phi) is 3.64. The normalized spacial score (nSPS) is 10.1.